The number of rotatable bonds is 9. The first kappa shape index (κ1) is 25.5. The SMILES string of the molecule is CCc1ccc(Sc2ccc(Oc3cc(C(C)(C)c4ccc(O)c(OC)c4)ccc3OC)cc2)cc1. The monoisotopic (exact) mass is 500 g/mol. The van der Waals surface area contributed by atoms with Crippen LogP contribution in [0.4, 0.5) is 0 Å². The summed E-state index contributed by atoms with van der Waals surface area (Å²) in [4.78, 5) is 2.36. The molecule has 0 saturated carbocycles. The molecular formula is C31H32O4S. The molecule has 0 radical (unpaired) electrons. The Labute approximate surface area is 217 Å². The van der Waals surface area contributed by atoms with Gasteiger partial charge in [-0.05, 0) is 83.8 Å². The molecule has 5 heteroatoms. The van der Waals surface area contributed by atoms with E-state index in [1.54, 1.807) is 32.0 Å². The first-order chi connectivity index (χ1) is 17.3. The minimum atomic E-state index is -0.362. The van der Waals surface area contributed by atoms with Crippen molar-refractivity contribution in [3.63, 3.8) is 0 Å². The number of benzene rings is 4. The van der Waals surface area contributed by atoms with Crippen LogP contribution in [-0.2, 0) is 11.8 Å². The Bertz CT molecular complexity index is 1310. The van der Waals surface area contributed by atoms with Gasteiger partial charge in [-0.25, -0.2) is 0 Å². The minimum Gasteiger partial charge on any atom is -0.504 e. The number of aryl methyl sites for hydroxylation is 1. The van der Waals surface area contributed by atoms with Crippen molar-refractivity contribution in [2.45, 2.75) is 42.4 Å². The zero-order valence-electron chi connectivity index (χ0n) is 21.4. The number of hydrogen-bond acceptors (Lipinski definition) is 5. The van der Waals surface area contributed by atoms with E-state index < -0.39 is 0 Å². The fraction of sp³-hybridized carbons (Fsp3) is 0.226. The molecule has 0 unspecified atom stereocenters. The lowest BCUT2D eigenvalue weighted by molar-refractivity contribution is 0.371. The van der Waals surface area contributed by atoms with Gasteiger partial charge >= 0.3 is 0 Å². The number of hydrogen-bond donors (Lipinski definition) is 1. The van der Waals surface area contributed by atoms with Crippen molar-refractivity contribution in [2.24, 2.45) is 0 Å². The third kappa shape index (κ3) is 5.63. The number of phenolic OH excluding ortho intramolecular Hbond substituents is 1. The van der Waals surface area contributed by atoms with E-state index in [0.29, 0.717) is 17.2 Å². The van der Waals surface area contributed by atoms with Crippen molar-refractivity contribution in [1.29, 1.82) is 0 Å². The highest BCUT2D eigenvalue weighted by atomic mass is 32.2. The van der Waals surface area contributed by atoms with Crippen LogP contribution in [0, 0.1) is 0 Å². The largest absolute Gasteiger partial charge is 0.504 e. The van der Waals surface area contributed by atoms with Gasteiger partial charge in [0.05, 0.1) is 14.2 Å². The van der Waals surface area contributed by atoms with Crippen molar-refractivity contribution in [2.75, 3.05) is 14.2 Å². The highest BCUT2D eigenvalue weighted by Gasteiger charge is 2.26. The normalized spacial score (nSPS) is 11.2. The van der Waals surface area contributed by atoms with Gasteiger partial charge in [0.1, 0.15) is 5.75 Å². The molecule has 0 saturated heterocycles. The number of phenols is 1. The standard InChI is InChI=1S/C31H32O4S/c1-6-21-7-13-25(14-8-21)36-26-15-11-24(12-16-26)35-30-20-23(10-18-28(30)33-4)31(2,3)22-9-17-27(32)29(19-22)34-5/h7-20,32H,6H2,1-5H3. The zero-order chi connectivity index (χ0) is 25.7. The maximum Gasteiger partial charge on any atom is 0.169 e. The summed E-state index contributed by atoms with van der Waals surface area (Å²) in [6.45, 7) is 6.42. The fourth-order valence-electron chi connectivity index (χ4n) is 4.01. The van der Waals surface area contributed by atoms with E-state index >= 15 is 0 Å². The van der Waals surface area contributed by atoms with Crippen LogP contribution < -0.4 is 14.2 Å². The van der Waals surface area contributed by atoms with E-state index in [2.05, 4.69) is 57.2 Å². The molecule has 36 heavy (non-hydrogen) atoms. The quantitative estimate of drug-likeness (QED) is 0.251. The molecule has 4 rings (SSSR count). The third-order valence-electron chi connectivity index (χ3n) is 6.41. The lowest BCUT2D eigenvalue weighted by Crippen LogP contribution is -2.19. The highest BCUT2D eigenvalue weighted by Crippen LogP contribution is 2.41. The minimum absolute atomic E-state index is 0.121. The Balaban J connectivity index is 1.56. The smallest absolute Gasteiger partial charge is 0.169 e. The van der Waals surface area contributed by atoms with Crippen molar-refractivity contribution < 1.29 is 19.3 Å². The lowest BCUT2D eigenvalue weighted by atomic mass is 9.78. The van der Waals surface area contributed by atoms with E-state index in [0.717, 1.165) is 28.2 Å². The van der Waals surface area contributed by atoms with Crippen LogP contribution in [0.25, 0.3) is 0 Å². The Kier molecular flexibility index (Phi) is 7.80. The molecule has 0 bridgehead atoms. The van der Waals surface area contributed by atoms with Gasteiger partial charge < -0.3 is 19.3 Å². The fourth-order valence-corrected chi connectivity index (χ4v) is 4.83. The summed E-state index contributed by atoms with van der Waals surface area (Å²) in [6.07, 6.45) is 1.04. The van der Waals surface area contributed by atoms with Gasteiger partial charge in [-0.1, -0.05) is 56.8 Å². The molecule has 0 aromatic heterocycles. The molecule has 0 atom stereocenters. The van der Waals surface area contributed by atoms with E-state index in [-0.39, 0.29) is 11.2 Å². The molecule has 0 fully saturated rings. The topological polar surface area (TPSA) is 47.9 Å². The molecule has 1 N–H and O–H groups in total. The molecule has 0 aliphatic rings. The average molecular weight is 501 g/mol. The van der Waals surface area contributed by atoms with Gasteiger partial charge in [0.2, 0.25) is 0 Å². The molecule has 0 heterocycles. The van der Waals surface area contributed by atoms with E-state index in [1.165, 1.54) is 10.5 Å². The molecule has 4 aromatic rings. The molecule has 186 valence electrons. The predicted octanol–water partition coefficient (Wildman–Crippen LogP) is 8.24. The first-order valence-electron chi connectivity index (χ1n) is 11.9. The number of methoxy groups -OCH3 is 2. The van der Waals surface area contributed by atoms with Crippen molar-refractivity contribution in [1.82, 2.24) is 0 Å². The Morgan fingerprint density at radius 3 is 1.83 bits per heavy atom. The van der Waals surface area contributed by atoms with Crippen LogP contribution >= 0.6 is 11.8 Å². The van der Waals surface area contributed by atoms with Gasteiger partial charge in [0.25, 0.3) is 0 Å². The molecule has 4 aromatic carbocycles. The van der Waals surface area contributed by atoms with Crippen LogP contribution in [0.5, 0.6) is 28.7 Å². The summed E-state index contributed by atoms with van der Waals surface area (Å²) in [6, 6.07) is 28.2. The summed E-state index contributed by atoms with van der Waals surface area (Å²) in [5, 5.41) is 10.0. The van der Waals surface area contributed by atoms with E-state index in [9.17, 15) is 5.11 Å². The summed E-state index contributed by atoms with van der Waals surface area (Å²) in [5.41, 5.74) is 3.04. The van der Waals surface area contributed by atoms with Gasteiger partial charge in [0.15, 0.2) is 23.0 Å². The van der Waals surface area contributed by atoms with Crippen LogP contribution in [0.15, 0.2) is 94.7 Å². The molecule has 0 amide bonds. The molecule has 0 aliphatic heterocycles. The van der Waals surface area contributed by atoms with Gasteiger partial charge in [-0.3, -0.25) is 0 Å². The second-order valence-corrected chi connectivity index (χ2v) is 10.2. The summed E-state index contributed by atoms with van der Waals surface area (Å²) in [7, 11) is 3.19. The van der Waals surface area contributed by atoms with Gasteiger partial charge in [-0.15, -0.1) is 0 Å². The maximum atomic E-state index is 10.0. The maximum absolute atomic E-state index is 10.0. The van der Waals surface area contributed by atoms with Crippen LogP contribution in [0.2, 0.25) is 0 Å². The summed E-state index contributed by atoms with van der Waals surface area (Å²) < 4.78 is 17.2. The van der Waals surface area contributed by atoms with Gasteiger partial charge in [-0.2, -0.15) is 0 Å². The molecular weight excluding hydrogens is 468 g/mol. The van der Waals surface area contributed by atoms with E-state index in [4.69, 9.17) is 14.2 Å². The average Bonchev–Trinajstić information content (AvgIpc) is 2.90. The van der Waals surface area contributed by atoms with Crippen LogP contribution in [-0.4, -0.2) is 19.3 Å². The van der Waals surface area contributed by atoms with Crippen molar-refractivity contribution >= 4 is 11.8 Å². The van der Waals surface area contributed by atoms with E-state index in [1.807, 2.05) is 42.5 Å². The van der Waals surface area contributed by atoms with Crippen LogP contribution in [0.3, 0.4) is 0 Å². The number of aromatic hydroxyl groups is 1. The second-order valence-electron chi connectivity index (χ2n) is 9.05. The Hall–Kier alpha value is -3.57. The molecule has 0 spiro atoms. The Morgan fingerprint density at radius 1 is 0.694 bits per heavy atom. The van der Waals surface area contributed by atoms with Gasteiger partial charge in [0, 0.05) is 15.2 Å². The lowest BCUT2D eigenvalue weighted by Gasteiger charge is -2.27. The first-order valence-corrected chi connectivity index (χ1v) is 12.8. The second kappa shape index (κ2) is 11.0. The van der Waals surface area contributed by atoms with Crippen LogP contribution in [0.1, 0.15) is 37.5 Å². The number of ether oxygens (including phenoxy) is 3. The van der Waals surface area contributed by atoms with Crippen molar-refractivity contribution in [3.8, 4) is 28.7 Å². The third-order valence-corrected chi connectivity index (χ3v) is 7.42. The highest BCUT2D eigenvalue weighted by molar-refractivity contribution is 7.99. The Morgan fingerprint density at radius 2 is 1.25 bits per heavy atom. The molecule has 4 nitrogen and oxygen atoms in total. The summed E-state index contributed by atoms with van der Waals surface area (Å²) in [5.74, 6) is 2.61. The van der Waals surface area contributed by atoms with Crippen molar-refractivity contribution in [3.05, 3.63) is 102 Å². The predicted molar refractivity (Wildman–Crippen MR) is 146 cm³/mol. The summed E-state index contributed by atoms with van der Waals surface area (Å²) >= 11 is 1.73. The molecule has 0 aliphatic carbocycles. The zero-order valence-corrected chi connectivity index (χ0v) is 22.2.